The lowest BCUT2D eigenvalue weighted by Crippen LogP contribution is -2.50. The van der Waals surface area contributed by atoms with E-state index in [9.17, 15) is 9.59 Å². The predicted molar refractivity (Wildman–Crippen MR) is 91.3 cm³/mol. The topological polar surface area (TPSA) is 84.7 Å². The number of carbonyl (C=O) groups is 2. The van der Waals surface area contributed by atoms with Crippen LogP contribution in [0.2, 0.25) is 0 Å². The summed E-state index contributed by atoms with van der Waals surface area (Å²) in [6, 6.07) is -0.514. The van der Waals surface area contributed by atoms with Crippen LogP contribution in [0, 0.1) is 11.3 Å². The highest BCUT2D eigenvalue weighted by molar-refractivity contribution is 5.83. The van der Waals surface area contributed by atoms with Crippen molar-refractivity contribution in [2.45, 2.75) is 83.5 Å². The number of nitrogens with zero attached hydrogens (tertiary/aromatic N) is 1. The molecule has 4 atom stereocenters. The number of fused-ring (bicyclic) bond motifs is 2. The van der Waals surface area contributed by atoms with Crippen LogP contribution in [0.1, 0.15) is 59.8 Å². The van der Waals surface area contributed by atoms with E-state index >= 15 is 0 Å². The van der Waals surface area contributed by atoms with Crippen molar-refractivity contribution in [3.05, 3.63) is 0 Å². The molecule has 0 aromatic rings. The molecule has 2 aliphatic heterocycles. The smallest absolute Gasteiger partial charge is 0.410 e. The Morgan fingerprint density at radius 1 is 1.25 bits per heavy atom. The van der Waals surface area contributed by atoms with Gasteiger partial charge in [-0.2, -0.15) is 0 Å². The molecule has 3 fully saturated rings. The molecule has 0 aromatic heterocycles. The lowest BCUT2D eigenvalue weighted by molar-refractivity contribution is -0.127. The molecule has 2 amide bonds. The average Bonchev–Trinajstić information content (AvgIpc) is 2.96. The van der Waals surface area contributed by atoms with Crippen molar-refractivity contribution in [2.24, 2.45) is 17.1 Å². The van der Waals surface area contributed by atoms with E-state index < -0.39 is 5.60 Å². The third kappa shape index (κ3) is 3.13. The molecule has 6 heteroatoms. The highest BCUT2D eigenvalue weighted by Gasteiger charge is 2.57. The summed E-state index contributed by atoms with van der Waals surface area (Å²) in [5.74, 6) is -0.323. The second-order valence-corrected chi connectivity index (χ2v) is 9.08. The molecule has 0 spiro atoms. The molecule has 1 saturated carbocycles. The van der Waals surface area contributed by atoms with Crippen LogP contribution in [0.25, 0.3) is 0 Å². The third-order valence-electron chi connectivity index (χ3n) is 5.90. The van der Waals surface area contributed by atoms with E-state index in [-0.39, 0.29) is 41.5 Å². The maximum absolute atomic E-state index is 12.7. The summed E-state index contributed by atoms with van der Waals surface area (Å²) in [4.78, 5) is 27.0. The molecule has 0 radical (unpaired) electrons. The van der Waals surface area contributed by atoms with Crippen molar-refractivity contribution >= 4 is 12.0 Å². The van der Waals surface area contributed by atoms with Crippen molar-refractivity contribution in [2.75, 3.05) is 6.54 Å². The van der Waals surface area contributed by atoms with Gasteiger partial charge in [0.05, 0.1) is 12.0 Å². The first kappa shape index (κ1) is 17.5. The van der Waals surface area contributed by atoms with Crippen LogP contribution >= 0.6 is 0 Å². The van der Waals surface area contributed by atoms with Crippen LogP contribution in [0.15, 0.2) is 0 Å². The SMILES string of the molecule is CC1(CNC(=O)C2[C@H]3CC[C@@H]([C@H]2N)N3C(=O)OC(C)(C)C)CCC1. The zero-order chi connectivity index (χ0) is 17.7. The summed E-state index contributed by atoms with van der Waals surface area (Å²) < 4.78 is 5.52. The van der Waals surface area contributed by atoms with Crippen LogP contribution in [-0.2, 0) is 9.53 Å². The summed E-state index contributed by atoms with van der Waals surface area (Å²) in [7, 11) is 0. The summed E-state index contributed by atoms with van der Waals surface area (Å²) in [5.41, 5.74) is 6.03. The van der Waals surface area contributed by atoms with Crippen molar-refractivity contribution in [1.82, 2.24) is 10.2 Å². The first-order valence-electron chi connectivity index (χ1n) is 9.16. The van der Waals surface area contributed by atoms with Crippen LogP contribution in [0.4, 0.5) is 4.79 Å². The van der Waals surface area contributed by atoms with E-state index in [2.05, 4.69) is 12.2 Å². The van der Waals surface area contributed by atoms with Gasteiger partial charge in [-0.1, -0.05) is 13.3 Å². The monoisotopic (exact) mass is 337 g/mol. The number of nitrogens with one attached hydrogen (secondary N) is 1. The van der Waals surface area contributed by atoms with Crippen LogP contribution in [0.5, 0.6) is 0 Å². The van der Waals surface area contributed by atoms with Gasteiger partial charge in [0.15, 0.2) is 0 Å². The summed E-state index contributed by atoms with van der Waals surface area (Å²) >= 11 is 0. The van der Waals surface area contributed by atoms with Crippen molar-refractivity contribution in [3.63, 3.8) is 0 Å². The molecule has 1 unspecified atom stereocenters. The first-order chi connectivity index (χ1) is 11.1. The fourth-order valence-electron chi connectivity index (χ4n) is 4.40. The molecule has 1 aliphatic carbocycles. The lowest BCUT2D eigenvalue weighted by Gasteiger charge is -2.39. The van der Waals surface area contributed by atoms with Gasteiger partial charge in [0.1, 0.15) is 5.60 Å². The predicted octanol–water partition coefficient (Wildman–Crippen LogP) is 2.02. The third-order valence-corrected chi connectivity index (χ3v) is 5.90. The summed E-state index contributed by atoms with van der Waals surface area (Å²) in [6.45, 7) is 8.48. The zero-order valence-corrected chi connectivity index (χ0v) is 15.3. The Kier molecular flexibility index (Phi) is 4.31. The van der Waals surface area contributed by atoms with E-state index in [1.165, 1.54) is 19.3 Å². The van der Waals surface area contributed by atoms with E-state index in [1.807, 2.05) is 20.8 Å². The minimum absolute atomic E-state index is 0.00335. The Balaban J connectivity index is 1.65. The first-order valence-corrected chi connectivity index (χ1v) is 9.16. The Morgan fingerprint density at radius 2 is 1.88 bits per heavy atom. The molecule has 0 aromatic carbocycles. The van der Waals surface area contributed by atoms with Gasteiger partial charge in [-0.3, -0.25) is 9.69 Å². The number of nitrogens with two attached hydrogens (primary N) is 1. The average molecular weight is 337 g/mol. The van der Waals surface area contributed by atoms with Gasteiger partial charge >= 0.3 is 6.09 Å². The molecule has 2 saturated heterocycles. The maximum atomic E-state index is 12.7. The van der Waals surface area contributed by atoms with E-state index in [0.717, 1.165) is 12.8 Å². The van der Waals surface area contributed by atoms with Gasteiger partial charge in [0.25, 0.3) is 0 Å². The second-order valence-electron chi connectivity index (χ2n) is 9.08. The van der Waals surface area contributed by atoms with Crippen LogP contribution < -0.4 is 11.1 Å². The molecule has 3 aliphatic rings. The normalized spacial score (nSPS) is 34.0. The largest absolute Gasteiger partial charge is 0.444 e. The molecular formula is C18H31N3O3. The molecule has 6 nitrogen and oxygen atoms in total. The lowest BCUT2D eigenvalue weighted by atomic mass is 9.70. The number of amides is 2. The summed E-state index contributed by atoms with van der Waals surface area (Å²) in [6.07, 6.45) is 4.92. The number of ether oxygens (including phenoxy) is 1. The fraction of sp³-hybridized carbons (Fsp3) is 0.889. The standard InChI is InChI=1S/C18H31N3O3/c1-17(2,3)24-16(23)21-11-6-7-12(21)14(19)13(11)15(22)20-10-18(4)8-5-9-18/h11-14H,5-10,19H2,1-4H3,(H,20,22)/t11-,12+,13?,14-/m1/s1. The van der Waals surface area contributed by atoms with Crippen molar-refractivity contribution in [1.29, 1.82) is 0 Å². The molecule has 24 heavy (non-hydrogen) atoms. The van der Waals surface area contributed by atoms with Gasteiger partial charge in [0, 0.05) is 18.6 Å². The molecule has 3 N–H and O–H groups in total. The maximum Gasteiger partial charge on any atom is 0.410 e. The molecule has 136 valence electrons. The number of hydrogen-bond donors (Lipinski definition) is 2. The second kappa shape index (κ2) is 5.90. The quantitative estimate of drug-likeness (QED) is 0.825. The van der Waals surface area contributed by atoms with Gasteiger partial charge < -0.3 is 15.8 Å². The van der Waals surface area contributed by atoms with Gasteiger partial charge in [-0.25, -0.2) is 4.79 Å². The van der Waals surface area contributed by atoms with Gasteiger partial charge in [-0.15, -0.1) is 0 Å². The fourth-order valence-corrected chi connectivity index (χ4v) is 4.40. The Labute approximate surface area is 144 Å². The summed E-state index contributed by atoms with van der Waals surface area (Å²) in [5, 5.41) is 3.09. The highest BCUT2D eigenvalue weighted by atomic mass is 16.6. The van der Waals surface area contributed by atoms with Crippen molar-refractivity contribution < 1.29 is 14.3 Å². The van der Waals surface area contributed by atoms with Gasteiger partial charge in [-0.05, 0) is 51.9 Å². The minimum Gasteiger partial charge on any atom is -0.444 e. The Hall–Kier alpha value is -1.30. The van der Waals surface area contributed by atoms with Crippen LogP contribution in [0.3, 0.4) is 0 Å². The molecular weight excluding hydrogens is 306 g/mol. The highest BCUT2D eigenvalue weighted by Crippen LogP contribution is 2.43. The van der Waals surface area contributed by atoms with Gasteiger partial charge in [0.2, 0.25) is 5.91 Å². The number of carbonyl (C=O) groups excluding carboxylic acids is 2. The molecule has 3 rings (SSSR count). The number of hydrogen-bond acceptors (Lipinski definition) is 4. The zero-order valence-electron chi connectivity index (χ0n) is 15.3. The van der Waals surface area contributed by atoms with Crippen LogP contribution in [-0.4, -0.2) is 47.2 Å². The molecule has 2 heterocycles. The number of rotatable bonds is 3. The van der Waals surface area contributed by atoms with E-state index in [0.29, 0.717) is 6.54 Å². The van der Waals surface area contributed by atoms with Crippen molar-refractivity contribution in [3.8, 4) is 0 Å². The Morgan fingerprint density at radius 3 is 2.42 bits per heavy atom. The van der Waals surface area contributed by atoms with E-state index in [1.54, 1.807) is 4.90 Å². The Bertz CT molecular complexity index is 524. The molecule has 2 bridgehead atoms. The van der Waals surface area contributed by atoms with E-state index in [4.69, 9.17) is 10.5 Å². The minimum atomic E-state index is -0.542.